The van der Waals surface area contributed by atoms with E-state index >= 15 is 0 Å². The van der Waals surface area contributed by atoms with Crippen LogP contribution in [-0.4, -0.2) is 35.5 Å². The zero-order chi connectivity index (χ0) is 13.2. The molecule has 0 radical (unpaired) electrons. The smallest absolute Gasteiger partial charge is 0.135 e. The van der Waals surface area contributed by atoms with Crippen molar-refractivity contribution in [3.05, 3.63) is 11.4 Å². The van der Waals surface area contributed by atoms with Gasteiger partial charge in [-0.1, -0.05) is 0 Å². The molecule has 1 aromatic heterocycles. The van der Waals surface area contributed by atoms with Gasteiger partial charge in [0.05, 0.1) is 6.10 Å². The fraction of sp³-hybridized carbons (Fsp3) is 0.714. The highest BCUT2D eigenvalue weighted by Crippen LogP contribution is 2.40. The second kappa shape index (κ2) is 5.67. The van der Waals surface area contributed by atoms with Gasteiger partial charge >= 0.3 is 0 Å². The summed E-state index contributed by atoms with van der Waals surface area (Å²) in [6.45, 7) is 3.02. The largest absolute Gasteiger partial charge is 0.377 e. The summed E-state index contributed by atoms with van der Waals surface area (Å²) in [4.78, 5) is 9.39. The standard InChI is InChI=1S/C14H21N3OS/c1-9-12(15-2)16-13(10-5-6-10)17-14(9)19-8-11-4-3-7-18-11/h10-11H,3-8H2,1-2H3,(H,15,16,17). The van der Waals surface area contributed by atoms with Gasteiger partial charge in [-0.05, 0) is 32.6 Å². The molecule has 0 spiro atoms. The molecule has 0 bridgehead atoms. The fourth-order valence-corrected chi connectivity index (χ4v) is 3.45. The van der Waals surface area contributed by atoms with Crippen LogP contribution in [0.5, 0.6) is 0 Å². The molecule has 1 saturated carbocycles. The van der Waals surface area contributed by atoms with E-state index < -0.39 is 0 Å². The third-order valence-electron chi connectivity index (χ3n) is 3.73. The van der Waals surface area contributed by atoms with E-state index in [1.165, 1.54) is 25.7 Å². The lowest BCUT2D eigenvalue weighted by Gasteiger charge is -2.13. The van der Waals surface area contributed by atoms with Crippen LogP contribution in [-0.2, 0) is 4.74 Å². The quantitative estimate of drug-likeness (QED) is 0.663. The molecule has 1 N–H and O–H groups in total. The Morgan fingerprint density at radius 2 is 2.16 bits per heavy atom. The minimum absolute atomic E-state index is 0.404. The molecule has 3 rings (SSSR count). The SMILES string of the molecule is CNc1nc(C2CC2)nc(SCC2CCCO2)c1C. The van der Waals surface area contributed by atoms with Crippen molar-refractivity contribution in [3.63, 3.8) is 0 Å². The molecule has 0 amide bonds. The lowest BCUT2D eigenvalue weighted by atomic mass is 10.3. The molecular weight excluding hydrogens is 258 g/mol. The second-order valence-corrected chi connectivity index (χ2v) is 6.34. The van der Waals surface area contributed by atoms with Gasteiger partial charge < -0.3 is 10.1 Å². The molecule has 1 unspecified atom stereocenters. The zero-order valence-corrected chi connectivity index (χ0v) is 12.4. The average molecular weight is 279 g/mol. The predicted octanol–water partition coefficient (Wildman–Crippen LogP) is 2.98. The summed E-state index contributed by atoms with van der Waals surface area (Å²) in [5.41, 5.74) is 1.16. The molecular formula is C14H21N3OS. The molecule has 104 valence electrons. The van der Waals surface area contributed by atoms with Gasteiger partial charge in [0.1, 0.15) is 16.7 Å². The van der Waals surface area contributed by atoms with E-state index in [1.807, 2.05) is 18.8 Å². The first kappa shape index (κ1) is 13.2. The monoisotopic (exact) mass is 279 g/mol. The van der Waals surface area contributed by atoms with Crippen molar-refractivity contribution in [2.45, 2.75) is 49.7 Å². The van der Waals surface area contributed by atoms with E-state index in [-0.39, 0.29) is 0 Å². The molecule has 1 atom stereocenters. The fourth-order valence-electron chi connectivity index (χ4n) is 2.37. The first-order valence-corrected chi connectivity index (χ1v) is 8.07. The third-order valence-corrected chi connectivity index (χ3v) is 4.94. The van der Waals surface area contributed by atoms with E-state index in [0.717, 1.165) is 34.6 Å². The molecule has 19 heavy (non-hydrogen) atoms. The molecule has 2 heterocycles. The predicted molar refractivity (Wildman–Crippen MR) is 78.0 cm³/mol. The van der Waals surface area contributed by atoms with Gasteiger partial charge in [-0.2, -0.15) is 0 Å². The summed E-state index contributed by atoms with van der Waals surface area (Å²) in [5.74, 6) is 3.59. The van der Waals surface area contributed by atoms with Gasteiger partial charge in [0.2, 0.25) is 0 Å². The van der Waals surface area contributed by atoms with Gasteiger partial charge in [-0.25, -0.2) is 9.97 Å². The Bertz CT molecular complexity index is 456. The lowest BCUT2D eigenvalue weighted by Crippen LogP contribution is -2.10. The number of thioether (sulfide) groups is 1. The average Bonchev–Trinajstić information content (AvgIpc) is 3.14. The van der Waals surface area contributed by atoms with Crippen LogP contribution in [0.15, 0.2) is 5.03 Å². The number of rotatable bonds is 5. The van der Waals surface area contributed by atoms with Gasteiger partial charge in [-0.3, -0.25) is 0 Å². The van der Waals surface area contributed by atoms with Crippen LogP contribution in [0.4, 0.5) is 5.82 Å². The van der Waals surface area contributed by atoms with Crippen LogP contribution in [0.3, 0.4) is 0 Å². The summed E-state index contributed by atoms with van der Waals surface area (Å²) in [7, 11) is 1.93. The molecule has 1 aliphatic heterocycles. The normalized spacial score (nSPS) is 22.7. The maximum atomic E-state index is 5.68. The number of anilines is 1. The van der Waals surface area contributed by atoms with Crippen molar-refractivity contribution >= 4 is 17.6 Å². The number of nitrogens with one attached hydrogen (secondary N) is 1. The van der Waals surface area contributed by atoms with Crippen LogP contribution in [0, 0.1) is 6.92 Å². The number of aromatic nitrogens is 2. The number of hydrogen-bond acceptors (Lipinski definition) is 5. The molecule has 1 aliphatic carbocycles. The maximum Gasteiger partial charge on any atom is 0.135 e. The zero-order valence-electron chi connectivity index (χ0n) is 11.6. The van der Waals surface area contributed by atoms with Crippen molar-refractivity contribution in [2.24, 2.45) is 0 Å². The summed E-state index contributed by atoms with van der Waals surface area (Å²) in [6, 6.07) is 0. The second-order valence-electron chi connectivity index (χ2n) is 5.33. The highest BCUT2D eigenvalue weighted by atomic mass is 32.2. The van der Waals surface area contributed by atoms with Crippen LogP contribution < -0.4 is 5.32 Å². The van der Waals surface area contributed by atoms with Gasteiger partial charge in [-0.15, -0.1) is 11.8 Å². The van der Waals surface area contributed by atoms with Crippen molar-refractivity contribution < 1.29 is 4.74 Å². The summed E-state index contributed by atoms with van der Waals surface area (Å²) < 4.78 is 5.68. The lowest BCUT2D eigenvalue weighted by molar-refractivity contribution is 0.129. The number of ether oxygens (including phenoxy) is 1. The van der Waals surface area contributed by atoms with E-state index in [1.54, 1.807) is 0 Å². The molecule has 0 aromatic carbocycles. The van der Waals surface area contributed by atoms with E-state index in [2.05, 4.69) is 17.2 Å². The van der Waals surface area contributed by atoms with Gasteiger partial charge in [0.15, 0.2) is 0 Å². The molecule has 2 aliphatic rings. The highest BCUT2D eigenvalue weighted by Gasteiger charge is 2.28. The first-order chi connectivity index (χ1) is 9.28. The Labute approximate surface area is 118 Å². The van der Waals surface area contributed by atoms with Crippen LogP contribution in [0.1, 0.15) is 43.0 Å². The molecule has 1 saturated heterocycles. The summed E-state index contributed by atoms with van der Waals surface area (Å²) >= 11 is 1.82. The third kappa shape index (κ3) is 3.03. The Hall–Kier alpha value is -0.810. The Kier molecular flexibility index (Phi) is 3.93. The number of hydrogen-bond donors (Lipinski definition) is 1. The molecule has 2 fully saturated rings. The van der Waals surface area contributed by atoms with Gasteiger partial charge in [0.25, 0.3) is 0 Å². The van der Waals surface area contributed by atoms with Gasteiger partial charge in [0, 0.05) is 30.9 Å². The van der Waals surface area contributed by atoms with E-state index in [0.29, 0.717) is 12.0 Å². The highest BCUT2D eigenvalue weighted by molar-refractivity contribution is 7.99. The van der Waals surface area contributed by atoms with Crippen LogP contribution in [0.25, 0.3) is 0 Å². The van der Waals surface area contributed by atoms with Crippen LogP contribution in [0.2, 0.25) is 0 Å². The Morgan fingerprint density at radius 1 is 1.32 bits per heavy atom. The van der Waals surface area contributed by atoms with Crippen molar-refractivity contribution in [3.8, 4) is 0 Å². The van der Waals surface area contributed by atoms with E-state index in [4.69, 9.17) is 9.72 Å². The molecule has 1 aromatic rings. The Balaban J connectivity index is 1.75. The topological polar surface area (TPSA) is 47.0 Å². The number of nitrogens with zero attached hydrogens (tertiary/aromatic N) is 2. The first-order valence-electron chi connectivity index (χ1n) is 7.08. The van der Waals surface area contributed by atoms with Crippen LogP contribution >= 0.6 is 11.8 Å². The Morgan fingerprint density at radius 3 is 2.79 bits per heavy atom. The van der Waals surface area contributed by atoms with Crippen molar-refractivity contribution in [1.29, 1.82) is 0 Å². The summed E-state index contributed by atoms with van der Waals surface area (Å²) in [5, 5.41) is 4.31. The minimum Gasteiger partial charge on any atom is -0.377 e. The minimum atomic E-state index is 0.404. The summed E-state index contributed by atoms with van der Waals surface area (Å²) in [6.07, 6.45) is 5.26. The molecule has 5 heteroatoms. The maximum absolute atomic E-state index is 5.68. The molecule has 4 nitrogen and oxygen atoms in total. The van der Waals surface area contributed by atoms with Crippen molar-refractivity contribution in [1.82, 2.24) is 9.97 Å². The van der Waals surface area contributed by atoms with Crippen molar-refractivity contribution in [2.75, 3.05) is 24.7 Å². The van der Waals surface area contributed by atoms with E-state index in [9.17, 15) is 0 Å².